The third-order valence-corrected chi connectivity index (χ3v) is 6.84. The number of likely N-dealkylation sites (tertiary alicyclic amines) is 1. The van der Waals surface area contributed by atoms with Gasteiger partial charge in [0.2, 0.25) is 5.91 Å². The Morgan fingerprint density at radius 3 is 2.16 bits per heavy atom. The Kier molecular flexibility index (Phi) is 9.18. The van der Waals surface area contributed by atoms with Gasteiger partial charge in [-0.15, -0.1) is 0 Å². The van der Waals surface area contributed by atoms with Crippen molar-refractivity contribution in [1.82, 2.24) is 15.5 Å². The molecular formula is C30H32F3N3O2. The zero-order chi connectivity index (χ0) is 27.0. The van der Waals surface area contributed by atoms with Crippen molar-refractivity contribution >= 4 is 11.8 Å². The highest BCUT2D eigenvalue weighted by Crippen LogP contribution is 2.29. The molecule has 2 N–H and O–H groups in total. The summed E-state index contributed by atoms with van der Waals surface area (Å²) in [6, 6.07) is 23.3. The fourth-order valence-electron chi connectivity index (χ4n) is 4.62. The van der Waals surface area contributed by atoms with E-state index in [9.17, 15) is 22.8 Å². The molecule has 38 heavy (non-hydrogen) atoms. The number of alkyl halides is 3. The van der Waals surface area contributed by atoms with E-state index < -0.39 is 17.6 Å². The summed E-state index contributed by atoms with van der Waals surface area (Å²) in [5, 5.41) is 5.22. The van der Waals surface area contributed by atoms with Gasteiger partial charge in [-0.25, -0.2) is 0 Å². The van der Waals surface area contributed by atoms with Crippen LogP contribution in [0.15, 0.2) is 78.9 Å². The van der Waals surface area contributed by atoms with E-state index in [4.69, 9.17) is 0 Å². The molecule has 0 radical (unpaired) electrons. The van der Waals surface area contributed by atoms with Crippen LogP contribution in [0, 0.1) is 5.92 Å². The SMILES string of the molecule is O=C(CNC(=O)c1cccc(C(F)(F)F)c1)NCC1CCN(Cc2ccc(Cc3ccccc3)cc2)CC1. The van der Waals surface area contributed by atoms with E-state index in [0.29, 0.717) is 12.5 Å². The van der Waals surface area contributed by atoms with Crippen molar-refractivity contribution in [2.75, 3.05) is 26.2 Å². The summed E-state index contributed by atoms with van der Waals surface area (Å²) in [4.78, 5) is 26.8. The molecule has 0 spiro atoms. The van der Waals surface area contributed by atoms with Crippen LogP contribution in [0.4, 0.5) is 13.2 Å². The van der Waals surface area contributed by atoms with Crippen LogP contribution in [-0.4, -0.2) is 42.9 Å². The molecule has 1 fully saturated rings. The predicted octanol–water partition coefficient (Wildman–Crippen LogP) is 5.05. The number of nitrogens with one attached hydrogen (secondary N) is 2. The first-order valence-electron chi connectivity index (χ1n) is 12.8. The number of nitrogens with zero attached hydrogens (tertiary/aromatic N) is 1. The zero-order valence-corrected chi connectivity index (χ0v) is 21.1. The highest BCUT2D eigenvalue weighted by molar-refractivity contribution is 5.96. The first kappa shape index (κ1) is 27.4. The monoisotopic (exact) mass is 523 g/mol. The highest BCUT2D eigenvalue weighted by Gasteiger charge is 2.31. The van der Waals surface area contributed by atoms with Crippen LogP contribution in [-0.2, 0) is 23.9 Å². The summed E-state index contributed by atoms with van der Waals surface area (Å²) < 4.78 is 38.5. The number of hydrogen-bond acceptors (Lipinski definition) is 3. The Bertz CT molecular complexity index is 1210. The largest absolute Gasteiger partial charge is 0.416 e. The second kappa shape index (κ2) is 12.7. The number of hydrogen-bond donors (Lipinski definition) is 2. The van der Waals surface area contributed by atoms with E-state index in [1.807, 2.05) is 6.07 Å². The molecule has 1 heterocycles. The van der Waals surface area contributed by atoms with Gasteiger partial charge in [0.05, 0.1) is 12.1 Å². The maximum absolute atomic E-state index is 12.8. The van der Waals surface area contributed by atoms with Gasteiger partial charge in [-0.2, -0.15) is 13.2 Å². The van der Waals surface area contributed by atoms with Crippen LogP contribution < -0.4 is 10.6 Å². The summed E-state index contributed by atoms with van der Waals surface area (Å²) in [5.41, 5.74) is 2.84. The Morgan fingerprint density at radius 1 is 0.816 bits per heavy atom. The average molecular weight is 524 g/mol. The van der Waals surface area contributed by atoms with E-state index in [-0.39, 0.29) is 18.0 Å². The minimum Gasteiger partial charge on any atom is -0.354 e. The number of carbonyl (C=O) groups excluding carboxylic acids is 2. The maximum Gasteiger partial charge on any atom is 0.416 e. The maximum atomic E-state index is 12.8. The predicted molar refractivity (Wildman–Crippen MR) is 140 cm³/mol. The second-order valence-corrected chi connectivity index (χ2v) is 9.76. The molecule has 0 atom stereocenters. The van der Waals surface area contributed by atoms with Gasteiger partial charge in [-0.3, -0.25) is 14.5 Å². The van der Waals surface area contributed by atoms with Crippen LogP contribution in [0.2, 0.25) is 0 Å². The summed E-state index contributed by atoms with van der Waals surface area (Å²) in [6.07, 6.45) is -1.69. The topological polar surface area (TPSA) is 61.4 Å². The van der Waals surface area contributed by atoms with Gasteiger partial charge in [-0.05, 0) is 73.2 Å². The molecule has 3 aromatic carbocycles. The van der Waals surface area contributed by atoms with Crippen molar-refractivity contribution in [3.63, 3.8) is 0 Å². The number of carbonyl (C=O) groups is 2. The molecule has 0 unspecified atom stereocenters. The standard InChI is InChI=1S/C30H32F3N3O2/c31-30(32,33)27-8-4-7-26(18-27)29(38)35-20-28(37)34-19-24-13-15-36(16-14-24)21-25-11-9-23(10-12-25)17-22-5-2-1-3-6-22/h1-12,18,24H,13-17,19-21H2,(H,34,37)(H,35,38). The van der Waals surface area contributed by atoms with Crippen molar-refractivity contribution in [2.24, 2.45) is 5.92 Å². The summed E-state index contributed by atoms with van der Waals surface area (Å²) in [5.74, 6) is -0.723. The molecule has 0 bridgehead atoms. The fourth-order valence-corrected chi connectivity index (χ4v) is 4.62. The summed E-state index contributed by atoms with van der Waals surface area (Å²) >= 11 is 0. The molecule has 4 rings (SSSR count). The summed E-state index contributed by atoms with van der Waals surface area (Å²) in [6.45, 7) is 3.01. The lowest BCUT2D eigenvalue weighted by molar-refractivity contribution is -0.137. The van der Waals surface area contributed by atoms with E-state index in [2.05, 4.69) is 64.1 Å². The molecule has 1 aliphatic rings. The van der Waals surface area contributed by atoms with Crippen LogP contribution in [0.1, 0.15) is 45.5 Å². The molecule has 5 nitrogen and oxygen atoms in total. The molecule has 0 aromatic heterocycles. The van der Waals surface area contributed by atoms with Gasteiger partial charge >= 0.3 is 6.18 Å². The lowest BCUT2D eigenvalue weighted by atomic mass is 9.96. The zero-order valence-electron chi connectivity index (χ0n) is 21.1. The third-order valence-electron chi connectivity index (χ3n) is 6.84. The minimum atomic E-state index is -4.53. The smallest absolute Gasteiger partial charge is 0.354 e. The van der Waals surface area contributed by atoms with Crippen molar-refractivity contribution in [3.8, 4) is 0 Å². The minimum absolute atomic E-state index is 0.133. The van der Waals surface area contributed by atoms with Crippen LogP contribution in [0.3, 0.4) is 0 Å². The van der Waals surface area contributed by atoms with Gasteiger partial charge in [0.15, 0.2) is 0 Å². The lowest BCUT2D eigenvalue weighted by Crippen LogP contribution is -2.41. The lowest BCUT2D eigenvalue weighted by Gasteiger charge is -2.32. The van der Waals surface area contributed by atoms with Gasteiger partial charge in [0.1, 0.15) is 0 Å². The molecule has 200 valence electrons. The Labute approximate surface area is 221 Å². The Balaban J connectivity index is 1.13. The molecule has 8 heteroatoms. The van der Waals surface area contributed by atoms with Crippen molar-refractivity contribution in [2.45, 2.75) is 32.0 Å². The van der Waals surface area contributed by atoms with E-state index in [1.165, 1.54) is 28.8 Å². The molecule has 1 saturated heterocycles. The van der Waals surface area contributed by atoms with E-state index in [1.54, 1.807) is 0 Å². The quantitative estimate of drug-likeness (QED) is 0.413. The number of benzene rings is 3. The Morgan fingerprint density at radius 2 is 1.47 bits per heavy atom. The number of halogens is 3. The van der Waals surface area contributed by atoms with E-state index in [0.717, 1.165) is 51.0 Å². The third kappa shape index (κ3) is 8.18. The molecular weight excluding hydrogens is 491 g/mol. The van der Waals surface area contributed by atoms with Crippen LogP contribution in [0.25, 0.3) is 0 Å². The molecule has 2 amide bonds. The number of piperidine rings is 1. The Hall–Kier alpha value is -3.65. The number of rotatable bonds is 9. The van der Waals surface area contributed by atoms with E-state index >= 15 is 0 Å². The van der Waals surface area contributed by atoms with Crippen LogP contribution >= 0.6 is 0 Å². The highest BCUT2D eigenvalue weighted by atomic mass is 19.4. The average Bonchev–Trinajstić information content (AvgIpc) is 2.92. The van der Waals surface area contributed by atoms with Gasteiger partial charge in [0.25, 0.3) is 5.91 Å². The molecule has 0 saturated carbocycles. The number of amides is 2. The first-order chi connectivity index (χ1) is 18.3. The van der Waals surface area contributed by atoms with Crippen molar-refractivity contribution in [1.29, 1.82) is 0 Å². The first-order valence-corrected chi connectivity index (χ1v) is 12.8. The van der Waals surface area contributed by atoms with Gasteiger partial charge in [-0.1, -0.05) is 60.7 Å². The van der Waals surface area contributed by atoms with Gasteiger partial charge < -0.3 is 10.6 Å². The molecule has 1 aliphatic heterocycles. The van der Waals surface area contributed by atoms with Gasteiger partial charge in [0, 0.05) is 18.7 Å². The van der Waals surface area contributed by atoms with Crippen LogP contribution in [0.5, 0.6) is 0 Å². The fraction of sp³-hybridized carbons (Fsp3) is 0.333. The normalized spacial score (nSPS) is 14.7. The second-order valence-electron chi connectivity index (χ2n) is 9.76. The molecule has 3 aromatic rings. The molecule has 0 aliphatic carbocycles. The van der Waals surface area contributed by atoms with Crippen molar-refractivity contribution in [3.05, 3.63) is 107 Å². The summed E-state index contributed by atoms with van der Waals surface area (Å²) in [7, 11) is 0. The van der Waals surface area contributed by atoms with Crippen molar-refractivity contribution < 1.29 is 22.8 Å².